The van der Waals surface area contributed by atoms with Gasteiger partial charge in [-0.1, -0.05) is 0 Å². The molecule has 60 valence electrons. The summed E-state index contributed by atoms with van der Waals surface area (Å²) in [5.74, 6) is 0. The third kappa shape index (κ3) is 2.64. The van der Waals surface area contributed by atoms with Crippen molar-refractivity contribution < 1.29 is 0 Å². The summed E-state index contributed by atoms with van der Waals surface area (Å²) in [5, 5.41) is 0.587. The molecular formula is C8H12ClNSn. The Morgan fingerprint density at radius 1 is 1.27 bits per heavy atom. The molecule has 1 heterocycles. The average Bonchev–Trinajstić information content (AvgIpc) is 1.86. The summed E-state index contributed by atoms with van der Waals surface area (Å²) in [6, 6.07) is 3.98. The van der Waals surface area contributed by atoms with Gasteiger partial charge >= 0.3 is 76.8 Å². The normalized spacial score (nSPS) is 11.6. The standard InChI is InChI=1S/C5H3ClN.3CH3.Sn/c6-5-3-1-2-4-7-5;;;;/h1,3-4H;3*1H3;. The van der Waals surface area contributed by atoms with E-state index in [0.29, 0.717) is 5.15 Å². The first kappa shape index (κ1) is 9.33. The van der Waals surface area contributed by atoms with E-state index in [1.807, 2.05) is 12.3 Å². The predicted octanol–water partition coefficient (Wildman–Crippen LogP) is 2.28. The minimum absolute atomic E-state index is 0.587. The molecule has 0 saturated carbocycles. The topological polar surface area (TPSA) is 12.9 Å². The Kier molecular flexibility index (Phi) is 2.81. The second-order valence-corrected chi connectivity index (χ2v) is 18.5. The van der Waals surface area contributed by atoms with Crippen LogP contribution in [0.2, 0.25) is 20.0 Å². The summed E-state index contributed by atoms with van der Waals surface area (Å²) in [4.78, 5) is 11.1. The van der Waals surface area contributed by atoms with Crippen LogP contribution in [0.3, 0.4) is 0 Å². The number of aromatic nitrogens is 1. The number of halogens is 1. The predicted molar refractivity (Wildman–Crippen MR) is 52.2 cm³/mol. The molecule has 1 aromatic rings. The molecule has 0 atom stereocenters. The van der Waals surface area contributed by atoms with E-state index in [9.17, 15) is 0 Å². The van der Waals surface area contributed by atoms with Crippen LogP contribution in [0.4, 0.5) is 0 Å². The van der Waals surface area contributed by atoms with Gasteiger partial charge in [-0.2, -0.15) is 0 Å². The molecular weight excluding hydrogens is 264 g/mol. The number of pyridine rings is 1. The maximum absolute atomic E-state index is 5.67. The van der Waals surface area contributed by atoms with Gasteiger partial charge in [-0.3, -0.25) is 0 Å². The fourth-order valence-corrected chi connectivity index (χ4v) is 3.89. The van der Waals surface area contributed by atoms with Gasteiger partial charge in [0, 0.05) is 0 Å². The van der Waals surface area contributed by atoms with E-state index in [0.717, 1.165) is 0 Å². The van der Waals surface area contributed by atoms with Crippen molar-refractivity contribution in [3.05, 3.63) is 23.5 Å². The summed E-state index contributed by atoms with van der Waals surface area (Å²) >= 11 is 3.81. The average molecular weight is 276 g/mol. The molecule has 0 aliphatic carbocycles. The molecule has 0 amide bonds. The monoisotopic (exact) mass is 277 g/mol. The van der Waals surface area contributed by atoms with Crippen molar-refractivity contribution in [3.63, 3.8) is 0 Å². The summed E-state index contributed by atoms with van der Waals surface area (Å²) in [6.07, 6.45) is 1.92. The van der Waals surface area contributed by atoms with E-state index in [1.165, 1.54) is 3.58 Å². The first-order valence-corrected chi connectivity index (χ1v) is 14.0. The number of rotatable bonds is 1. The van der Waals surface area contributed by atoms with Crippen LogP contribution < -0.4 is 3.58 Å². The van der Waals surface area contributed by atoms with Crippen LogP contribution in [-0.2, 0) is 0 Å². The molecule has 0 saturated heterocycles. The van der Waals surface area contributed by atoms with Gasteiger partial charge in [-0.25, -0.2) is 0 Å². The summed E-state index contributed by atoms with van der Waals surface area (Å²) in [5.41, 5.74) is 0. The van der Waals surface area contributed by atoms with Crippen LogP contribution in [0.1, 0.15) is 0 Å². The molecule has 0 aromatic carbocycles. The van der Waals surface area contributed by atoms with Crippen LogP contribution >= 0.6 is 11.6 Å². The van der Waals surface area contributed by atoms with Crippen molar-refractivity contribution in [2.24, 2.45) is 0 Å². The zero-order valence-electron chi connectivity index (χ0n) is 7.06. The van der Waals surface area contributed by atoms with Crippen molar-refractivity contribution in [1.82, 2.24) is 4.98 Å². The van der Waals surface area contributed by atoms with Crippen molar-refractivity contribution in [2.45, 2.75) is 14.8 Å². The van der Waals surface area contributed by atoms with Crippen LogP contribution in [0.15, 0.2) is 18.3 Å². The van der Waals surface area contributed by atoms with Crippen molar-refractivity contribution in [3.8, 4) is 0 Å². The zero-order valence-corrected chi connectivity index (χ0v) is 10.7. The zero-order chi connectivity index (χ0) is 8.48. The number of nitrogens with zero attached hydrogens (tertiary/aromatic N) is 1. The van der Waals surface area contributed by atoms with Crippen LogP contribution in [0.25, 0.3) is 0 Å². The Balaban J connectivity index is 2.99. The number of hydrogen-bond acceptors (Lipinski definition) is 1. The summed E-state index contributed by atoms with van der Waals surface area (Å²) < 4.78 is 1.42. The van der Waals surface area contributed by atoms with Crippen molar-refractivity contribution >= 4 is 33.6 Å². The third-order valence-electron chi connectivity index (χ3n) is 1.59. The van der Waals surface area contributed by atoms with Gasteiger partial charge in [-0.05, 0) is 0 Å². The SMILES string of the molecule is [CH3][Sn]([CH3])([CH3])[c]1ccc(Cl)nc1. The first-order valence-electron chi connectivity index (χ1n) is 3.62. The fraction of sp³-hybridized carbons (Fsp3) is 0.375. The van der Waals surface area contributed by atoms with Gasteiger partial charge < -0.3 is 0 Å². The molecule has 0 radical (unpaired) electrons. The van der Waals surface area contributed by atoms with Gasteiger partial charge in [0.15, 0.2) is 0 Å². The van der Waals surface area contributed by atoms with Gasteiger partial charge in [-0.15, -0.1) is 0 Å². The van der Waals surface area contributed by atoms with E-state index in [-0.39, 0.29) is 0 Å². The van der Waals surface area contributed by atoms with E-state index < -0.39 is 18.4 Å². The molecule has 1 rings (SSSR count). The van der Waals surface area contributed by atoms with Gasteiger partial charge in [0.2, 0.25) is 0 Å². The Bertz CT molecular complexity index is 237. The number of hydrogen-bond donors (Lipinski definition) is 0. The molecule has 0 N–H and O–H groups in total. The fourth-order valence-electron chi connectivity index (χ4n) is 0.819. The van der Waals surface area contributed by atoms with Crippen LogP contribution in [-0.4, -0.2) is 23.4 Å². The maximum atomic E-state index is 5.67. The van der Waals surface area contributed by atoms with E-state index >= 15 is 0 Å². The Morgan fingerprint density at radius 2 is 1.91 bits per heavy atom. The Labute approximate surface area is 76.7 Å². The van der Waals surface area contributed by atoms with Crippen LogP contribution in [0.5, 0.6) is 0 Å². The summed E-state index contributed by atoms with van der Waals surface area (Å²) in [7, 11) is 0. The van der Waals surface area contributed by atoms with E-state index in [2.05, 4.69) is 25.9 Å². The second-order valence-electron chi connectivity index (χ2n) is 3.62. The minimum atomic E-state index is -1.86. The second kappa shape index (κ2) is 3.31. The van der Waals surface area contributed by atoms with Crippen LogP contribution in [0, 0.1) is 0 Å². The van der Waals surface area contributed by atoms with Crippen molar-refractivity contribution in [1.29, 1.82) is 0 Å². The van der Waals surface area contributed by atoms with Gasteiger partial charge in [0.05, 0.1) is 0 Å². The Hall–Kier alpha value is 0.239. The molecule has 0 unspecified atom stereocenters. The molecule has 1 aromatic heterocycles. The molecule has 3 heteroatoms. The van der Waals surface area contributed by atoms with Gasteiger partial charge in [0.1, 0.15) is 0 Å². The Morgan fingerprint density at radius 3 is 2.27 bits per heavy atom. The first-order chi connectivity index (χ1) is 5.00. The molecule has 0 aliphatic rings. The third-order valence-corrected chi connectivity index (χ3v) is 7.60. The molecule has 0 aliphatic heterocycles. The van der Waals surface area contributed by atoms with Crippen molar-refractivity contribution in [2.75, 3.05) is 0 Å². The quantitative estimate of drug-likeness (QED) is 0.566. The molecule has 0 fully saturated rings. The van der Waals surface area contributed by atoms with E-state index in [1.54, 1.807) is 0 Å². The van der Waals surface area contributed by atoms with Gasteiger partial charge in [0.25, 0.3) is 0 Å². The van der Waals surface area contributed by atoms with E-state index in [4.69, 9.17) is 11.6 Å². The molecule has 11 heavy (non-hydrogen) atoms. The summed E-state index contributed by atoms with van der Waals surface area (Å²) in [6.45, 7) is 0. The molecule has 0 bridgehead atoms. The molecule has 0 spiro atoms. The molecule has 1 nitrogen and oxygen atoms in total.